The molecular weight excluding hydrogens is 264 g/mol. The summed E-state index contributed by atoms with van der Waals surface area (Å²) in [6, 6.07) is 8.38. The van der Waals surface area contributed by atoms with E-state index >= 15 is 0 Å². The Hall–Kier alpha value is -2.14. The van der Waals surface area contributed by atoms with E-state index in [9.17, 15) is 0 Å². The van der Waals surface area contributed by atoms with E-state index in [4.69, 9.17) is 4.74 Å². The largest absolute Gasteiger partial charge is 0.489 e. The van der Waals surface area contributed by atoms with Gasteiger partial charge >= 0.3 is 0 Å². The molecule has 2 rings (SSSR count). The summed E-state index contributed by atoms with van der Waals surface area (Å²) in [4.78, 5) is 3.96. The van der Waals surface area contributed by atoms with Crippen LogP contribution in [-0.2, 0) is 6.54 Å². The molecule has 1 N–H and O–H groups in total. The molecule has 0 aliphatic rings. The molecule has 5 heteroatoms. The molecular formula is C16H22N4O. The van der Waals surface area contributed by atoms with Crippen molar-refractivity contribution >= 4 is 0 Å². The highest BCUT2D eigenvalue weighted by Crippen LogP contribution is 2.14. The lowest BCUT2D eigenvalue weighted by atomic mass is 10.2. The first-order valence-electron chi connectivity index (χ1n) is 7.06. The molecule has 0 aliphatic carbocycles. The first-order chi connectivity index (χ1) is 10.1. The molecule has 5 nitrogen and oxygen atoms in total. The Morgan fingerprint density at radius 1 is 1.48 bits per heavy atom. The number of hydrogen-bond donors (Lipinski definition) is 1. The van der Waals surface area contributed by atoms with Gasteiger partial charge in [0.1, 0.15) is 25.0 Å². The van der Waals surface area contributed by atoms with E-state index in [0.29, 0.717) is 6.61 Å². The molecule has 0 aliphatic heterocycles. The number of benzene rings is 1. The van der Waals surface area contributed by atoms with E-state index in [1.807, 2.05) is 23.7 Å². The van der Waals surface area contributed by atoms with Crippen LogP contribution in [0.4, 0.5) is 0 Å². The normalized spacial score (nSPS) is 12.1. The number of ether oxygens (including phenoxy) is 1. The second-order valence-corrected chi connectivity index (χ2v) is 5.25. The van der Waals surface area contributed by atoms with E-state index < -0.39 is 0 Å². The predicted molar refractivity (Wildman–Crippen MR) is 83.2 cm³/mol. The fourth-order valence-corrected chi connectivity index (χ4v) is 1.92. The Bertz CT molecular complexity index is 565. The highest BCUT2D eigenvalue weighted by Gasteiger charge is 2.04. The van der Waals surface area contributed by atoms with Crippen LogP contribution >= 0.6 is 0 Å². The van der Waals surface area contributed by atoms with Gasteiger partial charge in [-0.05, 0) is 37.1 Å². The molecule has 21 heavy (non-hydrogen) atoms. The summed E-state index contributed by atoms with van der Waals surface area (Å²) in [6.45, 7) is 10.1. The Labute approximate surface area is 125 Å². The first-order valence-corrected chi connectivity index (χ1v) is 7.06. The molecule has 0 bridgehead atoms. The molecule has 0 radical (unpaired) electrons. The summed E-state index contributed by atoms with van der Waals surface area (Å²) in [6.07, 6.45) is 3.29. The molecule has 112 valence electrons. The molecule has 0 saturated heterocycles. The van der Waals surface area contributed by atoms with Gasteiger partial charge in [0.2, 0.25) is 0 Å². The Kier molecular flexibility index (Phi) is 5.51. The van der Waals surface area contributed by atoms with Gasteiger partial charge in [-0.15, -0.1) is 0 Å². The van der Waals surface area contributed by atoms with Gasteiger partial charge in [0.05, 0.1) is 6.04 Å². The number of nitrogens with zero attached hydrogens (tertiary/aromatic N) is 3. The minimum absolute atomic E-state index is 0.273. The second-order valence-electron chi connectivity index (χ2n) is 5.25. The number of aromatic nitrogens is 3. The molecule has 0 spiro atoms. The van der Waals surface area contributed by atoms with E-state index in [1.54, 1.807) is 12.7 Å². The first kappa shape index (κ1) is 15.3. The Morgan fingerprint density at radius 3 is 3.05 bits per heavy atom. The van der Waals surface area contributed by atoms with Crippen LogP contribution in [0, 0.1) is 0 Å². The van der Waals surface area contributed by atoms with Crippen molar-refractivity contribution in [2.45, 2.75) is 26.4 Å². The van der Waals surface area contributed by atoms with Crippen LogP contribution in [0.25, 0.3) is 0 Å². The standard InChI is InChI=1S/C16H22N4O/c1-13(2)10-21-16-6-4-5-15(7-16)9-17-8-14(3)20-12-18-11-19-20/h4-7,11-12,14,17H,1,8-10H2,2-3H3/t14-/m0/s1. The van der Waals surface area contributed by atoms with Crippen molar-refractivity contribution in [3.8, 4) is 5.75 Å². The lowest BCUT2D eigenvalue weighted by molar-refractivity contribution is 0.352. The number of rotatable bonds is 8. The van der Waals surface area contributed by atoms with Crippen LogP contribution < -0.4 is 10.1 Å². The van der Waals surface area contributed by atoms with E-state index in [0.717, 1.165) is 24.4 Å². The van der Waals surface area contributed by atoms with Gasteiger partial charge in [-0.3, -0.25) is 0 Å². The van der Waals surface area contributed by atoms with Crippen molar-refractivity contribution in [1.29, 1.82) is 0 Å². The monoisotopic (exact) mass is 286 g/mol. The van der Waals surface area contributed by atoms with E-state index in [2.05, 4.69) is 41.0 Å². The zero-order valence-electron chi connectivity index (χ0n) is 12.6. The maximum atomic E-state index is 5.64. The maximum Gasteiger partial charge on any atom is 0.137 e. The molecule has 0 saturated carbocycles. The van der Waals surface area contributed by atoms with Crippen molar-refractivity contribution in [3.05, 3.63) is 54.6 Å². The van der Waals surface area contributed by atoms with E-state index in [1.165, 1.54) is 5.56 Å². The molecule has 0 unspecified atom stereocenters. The van der Waals surface area contributed by atoms with Crippen molar-refractivity contribution in [2.75, 3.05) is 13.2 Å². The highest BCUT2D eigenvalue weighted by atomic mass is 16.5. The molecule has 1 atom stereocenters. The molecule has 0 fully saturated rings. The topological polar surface area (TPSA) is 52.0 Å². The van der Waals surface area contributed by atoms with Gasteiger partial charge in [-0.25, -0.2) is 9.67 Å². The average Bonchev–Trinajstić information content (AvgIpc) is 3.00. The van der Waals surface area contributed by atoms with Gasteiger partial charge in [0, 0.05) is 13.1 Å². The lowest BCUT2D eigenvalue weighted by Crippen LogP contribution is -2.23. The van der Waals surface area contributed by atoms with Gasteiger partial charge in [0.15, 0.2) is 0 Å². The van der Waals surface area contributed by atoms with Gasteiger partial charge in [-0.1, -0.05) is 18.7 Å². The van der Waals surface area contributed by atoms with Crippen LogP contribution in [0.15, 0.2) is 49.1 Å². The second kappa shape index (κ2) is 7.59. The van der Waals surface area contributed by atoms with Gasteiger partial charge < -0.3 is 10.1 Å². The maximum absolute atomic E-state index is 5.64. The van der Waals surface area contributed by atoms with Crippen molar-refractivity contribution in [3.63, 3.8) is 0 Å². The summed E-state index contributed by atoms with van der Waals surface area (Å²) in [5.41, 5.74) is 2.21. The van der Waals surface area contributed by atoms with Crippen LogP contribution in [0.1, 0.15) is 25.5 Å². The van der Waals surface area contributed by atoms with Crippen molar-refractivity contribution in [2.24, 2.45) is 0 Å². The van der Waals surface area contributed by atoms with Gasteiger partial charge in [0.25, 0.3) is 0 Å². The molecule has 2 aromatic rings. The third-order valence-corrected chi connectivity index (χ3v) is 3.04. The summed E-state index contributed by atoms with van der Waals surface area (Å²) in [5.74, 6) is 0.877. The number of hydrogen-bond acceptors (Lipinski definition) is 4. The molecule has 1 aromatic carbocycles. The van der Waals surface area contributed by atoms with Crippen LogP contribution in [0.3, 0.4) is 0 Å². The Morgan fingerprint density at radius 2 is 2.33 bits per heavy atom. The summed E-state index contributed by atoms with van der Waals surface area (Å²) in [7, 11) is 0. The Balaban J connectivity index is 1.80. The summed E-state index contributed by atoms with van der Waals surface area (Å²) < 4.78 is 7.49. The zero-order valence-corrected chi connectivity index (χ0v) is 12.6. The number of nitrogens with one attached hydrogen (secondary N) is 1. The van der Waals surface area contributed by atoms with Gasteiger partial charge in [-0.2, -0.15) is 5.10 Å². The molecule has 0 amide bonds. The van der Waals surface area contributed by atoms with Crippen molar-refractivity contribution in [1.82, 2.24) is 20.1 Å². The lowest BCUT2D eigenvalue weighted by Gasteiger charge is -2.13. The quantitative estimate of drug-likeness (QED) is 0.758. The van der Waals surface area contributed by atoms with Crippen molar-refractivity contribution < 1.29 is 4.74 Å². The predicted octanol–water partition coefficient (Wildman–Crippen LogP) is 2.58. The summed E-state index contributed by atoms with van der Waals surface area (Å²) >= 11 is 0. The summed E-state index contributed by atoms with van der Waals surface area (Å²) in [5, 5.41) is 7.55. The van der Waals surface area contributed by atoms with Crippen LogP contribution in [0.2, 0.25) is 0 Å². The minimum Gasteiger partial charge on any atom is -0.489 e. The third kappa shape index (κ3) is 5.04. The van der Waals surface area contributed by atoms with Crippen LogP contribution in [0.5, 0.6) is 5.75 Å². The highest BCUT2D eigenvalue weighted by molar-refractivity contribution is 5.28. The smallest absolute Gasteiger partial charge is 0.137 e. The zero-order chi connectivity index (χ0) is 15.1. The molecule has 1 heterocycles. The minimum atomic E-state index is 0.273. The fourth-order valence-electron chi connectivity index (χ4n) is 1.92. The fraction of sp³-hybridized carbons (Fsp3) is 0.375. The van der Waals surface area contributed by atoms with Crippen LogP contribution in [-0.4, -0.2) is 27.9 Å². The van der Waals surface area contributed by atoms with E-state index in [-0.39, 0.29) is 6.04 Å². The molecule has 1 aromatic heterocycles. The third-order valence-electron chi connectivity index (χ3n) is 3.04. The SMILES string of the molecule is C=C(C)COc1cccc(CNC[C@H](C)n2cncn2)c1. The average molecular weight is 286 g/mol.